The van der Waals surface area contributed by atoms with E-state index in [-0.39, 0.29) is 11.9 Å². The highest BCUT2D eigenvalue weighted by Crippen LogP contribution is 2.30. The molecule has 0 aromatic carbocycles. The summed E-state index contributed by atoms with van der Waals surface area (Å²) >= 11 is 0. The Labute approximate surface area is 126 Å². The largest absolute Gasteiger partial charge is 0.468 e. The third-order valence-corrected chi connectivity index (χ3v) is 4.43. The van der Waals surface area contributed by atoms with Crippen LogP contribution in [0.4, 0.5) is 0 Å². The van der Waals surface area contributed by atoms with E-state index in [4.69, 9.17) is 4.42 Å². The number of rotatable bonds is 7. The van der Waals surface area contributed by atoms with Crippen molar-refractivity contribution in [1.82, 2.24) is 10.2 Å². The van der Waals surface area contributed by atoms with Gasteiger partial charge < -0.3 is 14.8 Å². The number of nitrogens with zero attached hydrogens (tertiary/aromatic N) is 1. The highest BCUT2D eigenvalue weighted by atomic mass is 16.3. The topological polar surface area (TPSA) is 65.7 Å². The number of likely N-dealkylation sites (N-methyl/N-ethyl adjacent to an activating group) is 1. The van der Waals surface area contributed by atoms with Gasteiger partial charge in [-0.3, -0.25) is 9.69 Å². The molecule has 2 rings (SSSR count). The molecule has 0 radical (unpaired) electrons. The van der Waals surface area contributed by atoms with Gasteiger partial charge in [0.25, 0.3) is 5.91 Å². The number of carbonyl (C=O) groups is 1. The minimum atomic E-state index is -1.17. The maximum Gasteiger partial charge on any atom is 0.252 e. The minimum absolute atomic E-state index is 0.00366. The van der Waals surface area contributed by atoms with Gasteiger partial charge in [0.05, 0.1) is 12.3 Å². The standard InChI is InChI=1S/C16H26N2O3/c1-3-18(4-2)13(14-8-7-11-21-14)12-17-15(19)16(20)9-5-6-10-16/h7-8,11,13,20H,3-6,9-10,12H2,1-2H3,(H,17,19). The van der Waals surface area contributed by atoms with Crippen molar-refractivity contribution in [2.24, 2.45) is 0 Å². The summed E-state index contributed by atoms with van der Waals surface area (Å²) in [5.41, 5.74) is -1.17. The predicted octanol–water partition coefficient (Wildman–Crippen LogP) is 2.08. The third kappa shape index (κ3) is 3.66. The van der Waals surface area contributed by atoms with Crippen LogP contribution >= 0.6 is 0 Å². The van der Waals surface area contributed by atoms with E-state index in [0.29, 0.717) is 19.4 Å². The van der Waals surface area contributed by atoms with E-state index in [2.05, 4.69) is 24.1 Å². The zero-order valence-corrected chi connectivity index (χ0v) is 13.0. The van der Waals surface area contributed by atoms with Crippen LogP contribution in [-0.2, 0) is 4.79 Å². The Bertz CT molecular complexity index is 434. The van der Waals surface area contributed by atoms with Crippen LogP contribution in [-0.4, -0.2) is 41.1 Å². The van der Waals surface area contributed by atoms with Crippen molar-refractivity contribution in [3.8, 4) is 0 Å². The molecule has 0 spiro atoms. The van der Waals surface area contributed by atoms with E-state index in [1.807, 2.05) is 12.1 Å². The molecule has 2 N–H and O–H groups in total. The second-order valence-electron chi connectivity index (χ2n) is 5.70. The van der Waals surface area contributed by atoms with Gasteiger partial charge in [-0.1, -0.05) is 13.8 Å². The van der Waals surface area contributed by atoms with Crippen LogP contribution in [0.1, 0.15) is 51.3 Å². The van der Waals surface area contributed by atoms with Crippen molar-refractivity contribution in [1.29, 1.82) is 0 Å². The molecule has 21 heavy (non-hydrogen) atoms. The average Bonchev–Trinajstić information content (AvgIpc) is 3.15. The van der Waals surface area contributed by atoms with E-state index in [1.165, 1.54) is 0 Å². The van der Waals surface area contributed by atoms with Gasteiger partial charge in [0.1, 0.15) is 11.4 Å². The summed E-state index contributed by atoms with van der Waals surface area (Å²) in [7, 11) is 0. The summed E-state index contributed by atoms with van der Waals surface area (Å²) in [5.74, 6) is 0.598. The molecule has 5 heteroatoms. The first kappa shape index (κ1) is 16.0. The Hall–Kier alpha value is -1.33. The molecule has 1 fully saturated rings. The van der Waals surface area contributed by atoms with Gasteiger partial charge >= 0.3 is 0 Å². The monoisotopic (exact) mass is 294 g/mol. The average molecular weight is 294 g/mol. The number of aliphatic hydroxyl groups is 1. The van der Waals surface area contributed by atoms with Crippen LogP contribution in [0.5, 0.6) is 0 Å². The lowest BCUT2D eigenvalue weighted by Crippen LogP contribution is -2.47. The fourth-order valence-corrected chi connectivity index (χ4v) is 3.10. The van der Waals surface area contributed by atoms with Crippen molar-refractivity contribution >= 4 is 5.91 Å². The lowest BCUT2D eigenvalue weighted by atomic mass is 10.0. The van der Waals surface area contributed by atoms with E-state index < -0.39 is 5.60 Å². The van der Waals surface area contributed by atoms with Gasteiger partial charge in [-0.15, -0.1) is 0 Å². The summed E-state index contributed by atoms with van der Waals surface area (Å²) in [5, 5.41) is 13.2. The number of hydrogen-bond donors (Lipinski definition) is 2. The second-order valence-corrected chi connectivity index (χ2v) is 5.70. The summed E-state index contributed by atoms with van der Waals surface area (Å²) in [4.78, 5) is 14.5. The zero-order chi connectivity index (χ0) is 15.3. The highest BCUT2D eigenvalue weighted by molar-refractivity contribution is 5.85. The van der Waals surface area contributed by atoms with Crippen molar-refractivity contribution in [2.45, 2.75) is 51.2 Å². The van der Waals surface area contributed by atoms with Crippen molar-refractivity contribution in [3.05, 3.63) is 24.2 Å². The van der Waals surface area contributed by atoms with Crippen molar-refractivity contribution in [2.75, 3.05) is 19.6 Å². The molecule has 1 aromatic rings. The molecule has 0 saturated heterocycles. The lowest BCUT2D eigenvalue weighted by Gasteiger charge is -2.29. The first-order valence-corrected chi connectivity index (χ1v) is 7.89. The fourth-order valence-electron chi connectivity index (χ4n) is 3.10. The van der Waals surface area contributed by atoms with Gasteiger partial charge in [-0.05, 0) is 50.9 Å². The molecule has 0 aliphatic heterocycles. The quantitative estimate of drug-likeness (QED) is 0.808. The number of hydrogen-bond acceptors (Lipinski definition) is 4. The Morgan fingerprint density at radius 3 is 2.62 bits per heavy atom. The maximum absolute atomic E-state index is 12.2. The molecular weight excluding hydrogens is 268 g/mol. The van der Waals surface area contributed by atoms with Crippen LogP contribution in [0.3, 0.4) is 0 Å². The summed E-state index contributed by atoms with van der Waals surface area (Å²) < 4.78 is 5.51. The molecule has 1 aliphatic carbocycles. The normalized spacial score (nSPS) is 18.9. The third-order valence-electron chi connectivity index (χ3n) is 4.43. The summed E-state index contributed by atoms with van der Waals surface area (Å²) in [6.07, 6.45) is 4.62. The summed E-state index contributed by atoms with van der Waals surface area (Å²) in [6.45, 7) is 6.39. The molecular formula is C16H26N2O3. The molecule has 0 bridgehead atoms. The molecule has 1 atom stereocenters. The van der Waals surface area contributed by atoms with Gasteiger partial charge in [0, 0.05) is 6.54 Å². The van der Waals surface area contributed by atoms with Crippen LogP contribution < -0.4 is 5.32 Å². The predicted molar refractivity (Wildman–Crippen MR) is 80.8 cm³/mol. The molecule has 1 unspecified atom stereocenters. The maximum atomic E-state index is 12.2. The zero-order valence-electron chi connectivity index (χ0n) is 13.0. The Morgan fingerprint density at radius 2 is 2.10 bits per heavy atom. The van der Waals surface area contributed by atoms with E-state index in [1.54, 1.807) is 6.26 Å². The number of furan rings is 1. The molecule has 1 aromatic heterocycles. The lowest BCUT2D eigenvalue weighted by molar-refractivity contribution is -0.139. The number of carbonyl (C=O) groups excluding carboxylic acids is 1. The summed E-state index contributed by atoms with van der Waals surface area (Å²) in [6, 6.07) is 3.79. The van der Waals surface area contributed by atoms with Crippen LogP contribution in [0, 0.1) is 0 Å². The van der Waals surface area contributed by atoms with E-state index >= 15 is 0 Å². The molecule has 1 saturated carbocycles. The van der Waals surface area contributed by atoms with Gasteiger partial charge in [-0.2, -0.15) is 0 Å². The van der Waals surface area contributed by atoms with Crippen LogP contribution in [0.25, 0.3) is 0 Å². The van der Waals surface area contributed by atoms with Gasteiger partial charge in [0.15, 0.2) is 0 Å². The van der Waals surface area contributed by atoms with Gasteiger partial charge in [0.2, 0.25) is 0 Å². The first-order valence-electron chi connectivity index (χ1n) is 7.89. The SMILES string of the molecule is CCN(CC)C(CNC(=O)C1(O)CCCC1)c1ccco1. The first-order chi connectivity index (χ1) is 10.1. The molecule has 118 valence electrons. The Morgan fingerprint density at radius 1 is 1.43 bits per heavy atom. The smallest absolute Gasteiger partial charge is 0.252 e. The number of nitrogens with one attached hydrogen (secondary N) is 1. The molecule has 1 amide bonds. The second kappa shape index (κ2) is 7.09. The fraction of sp³-hybridized carbons (Fsp3) is 0.688. The van der Waals surface area contributed by atoms with E-state index in [9.17, 15) is 9.90 Å². The highest BCUT2D eigenvalue weighted by Gasteiger charge is 2.39. The Kier molecular flexibility index (Phi) is 5.42. The molecule has 5 nitrogen and oxygen atoms in total. The van der Waals surface area contributed by atoms with E-state index in [0.717, 1.165) is 31.7 Å². The van der Waals surface area contributed by atoms with Crippen molar-refractivity contribution < 1.29 is 14.3 Å². The van der Waals surface area contributed by atoms with Gasteiger partial charge in [-0.25, -0.2) is 0 Å². The van der Waals surface area contributed by atoms with Crippen molar-refractivity contribution in [3.63, 3.8) is 0 Å². The van der Waals surface area contributed by atoms with Crippen LogP contribution in [0.15, 0.2) is 22.8 Å². The number of amides is 1. The van der Waals surface area contributed by atoms with Crippen LogP contribution in [0.2, 0.25) is 0 Å². The minimum Gasteiger partial charge on any atom is -0.468 e. The molecule has 1 heterocycles. The Balaban J connectivity index is 2.00. The molecule has 1 aliphatic rings.